The van der Waals surface area contributed by atoms with E-state index >= 15 is 0 Å². The first-order valence-corrected chi connectivity index (χ1v) is 12.9. The largest absolute Gasteiger partial charge is 0.459 e. The number of carbonyl (C=O) groups excluding carboxylic acids is 3. The van der Waals surface area contributed by atoms with Gasteiger partial charge in [-0.25, -0.2) is 14.4 Å². The van der Waals surface area contributed by atoms with Gasteiger partial charge in [-0.1, -0.05) is 54.6 Å². The van der Waals surface area contributed by atoms with Crippen LogP contribution in [-0.2, 0) is 18.9 Å². The summed E-state index contributed by atoms with van der Waals surface area (Å²) in [6.07, 6.45) is -3.47. The molecular formula is C29H24N6O7. The summed E-state index contributed by atoms with van der Waals surface area (Å²) in [5.41, 5.74) is 6.87. The van der Waals surface area contributed by atoms with Gasteiger partial charge in [0.2, 0.25) is 5.95 Å². The van der Waals surface area contributed by atoms with Crippen LogP contribution in [0.2, 0.25) is 0 Å². The summed E-state index contributed by atoms with van der Waals surface area (Å²) in [6, 6.07) is 25.0. The van der Waals surface area contributed by atoms with E-state index in [4.69, 9.17) is 24.7 Å². The maximum absolute atomic E-state index is 13.3. The molecular weight excluding hydrogens is 544 g/mol. The highest BCUT2D eigenvalue weighted by molar-refractivity contribution is 5.91. The second-order valence-corrected chi connectivity index (χ2v) is 9.28. The maximum atomic E-state index is 13.3. The van der Waals surface area contributed by atoms with E-state index in [-0.39, 0.29) is 29.5 Å². The number of nitrogen functional groups attached to an aromatic ring is 1. The van der Waals surface area contributed by atoms with Crippen LogP contribution in [0.3, 0.4) is 0 Å². The van der Waals surface area contributed by atoms with Crippen molar-refractivity contribution in [2.75, 3.05) is 12.3 Å². The second kappa shape index (κ2) is 11.5. The van der Waals surface area contributed by atoms with Gasteiger partial charge in [0.1, 0.15) is 19.0 Å². The van der Waals surface area contributed by atoms with Gasteiger partial charge in [-0.2, -0.15) is 19.3 Å². The molecule has 212 valence electrons. The van der Waals surface area contributed by atoms with Crippen molar-refractivity contribution in [1.29, 1.82) is 0 Å². The van der Waals surface area contributed by atoms with E-state index in [0.29, 0.717) is 5.56 Å². The van der Waals surface area contributed by atoms with Crippen molar-refractivity contribution in [3.63, 3.8) is 0 Å². The van der Waals surface area contributed by atoms with Gasteiger partial charge in [0, 0.05) is 0 Å². The van der Waals surface area contributed by atoms with Crippen LogP contribution in [0, 0.1) is 0 Å². The Hall–Kier alpha value is -5.56. The Labute approximate surface area is 238 Å². The molecule has 5 aromatic rings. The van der Waals surface area contributed by atoms with Crippen LogP contribution in [0.5, 0.6) is 0 Å². The molecule has 1 saturated heterocycles. The molecule has 42 heavy (non-hydrogen) atoms. The number of anilines is 1. The fourth-order valence-electron chi connectivity index (χ4n) is 4.58. The van der Waals surface area contributed by atoms with Gasteiger partial charge in [-0.3, -0.25) is 0 Å². The number of carbonyl (C=O) groups is 3. The summed E-state index contributed by atoms with van der Waals surface area (Å²) >= 11 is 0. The summed E-state index contributed by atoms with van der Waals surface area (Å²) in [5, 5.41) is 8.32. The molecule has 1 aliphatic rings. The van der Waals surface area contributed by atoms with Gasteiger partial charge in [0.05, 0.1) is 16.7 Å². The highest BCUT2D eigenvalue weighted by Gasteiger charge is 2.52. The summed E-state index contributed by atoms with van der Waals surface area (Å²) in [6.45, 7) is -0.337. The first-order chi connectivity index (χ1) is 20.5. The summed E-state index contributed by atoms with van der Waals surface area (Å²) < 4.78 is 26.2. The van der Waals surface area contributed by atoms with Crippen LogP contribution >= 0.6 is 0 Å². The van der Waals surface area contributed by atoms with E-state index < -0.39 is 42.4 Å². The number of hydrogen-bond acceptors (Lipinski definition) is 11. The number of nitrogens with zero attached hydrogens (tertiary/aromatic N) is 5. The number of rotatable bonds is 8. The van der Waals surface area contributed by atoms with Crippen molar-refractivity contribution < 1.29 is 33.3 Å². The Kier molecular flexibility index (Phi) is 7.30. The van der Waals surface area contributed by atoms with Crippen molar-refractivity contribution in [3.8, 4) is 0 Å². The predicted octanol–water partition coefficient (Wildman–Crippen LogP) is 2.71. The first kappa shape index (κ1) is 26.7. The maximum Gasteiger partial charge on any atom is 0.338 e. The monoisotopic (exact) mass is 568 g/mol. The van der Waals surface area contributed by atoms with Crippen LogP contribution in [-0.4, -0.2) is 67.2 Å². The van der Waals surface area contributed by atoms with Gasteiger partial charge in [0.25, 0.3) is 5.78 Å². The number of benzene rings is 3. The average Bonchev–Trinajstić information content (AvgIpc) is 3.73. The molecule has 1 fully saturated rings. The molecule has 0 aliphatic carbocycles. The Morgan fingerprint density at radius 3 is 1.86 bits per heavy atom. The topological polar surface area (TPSA) is 162 Å². The first-order valence-electron chi connectivity index (χ1n) is 12.9. The Morgan fingerprint density at radius 2 is 1.29 bits per heavy atom. The zero-order valence-corrected chi connectivity index (χ0v) is 21.9. The molecule has 13 nitrogen and oxygen atoms in total. The predicted molar refractivity (Wildman–Crippen MR) is 145 cm³/mol. The van der Waals surface area contributed by atoms with Crippen LogP contribution in [0.1, 0.15) is 37.3 Å². The molecule has 0 unspecified atom stereocenters. The molecule has 2 aromatic heterocycles. The van der Waals surface area contributed by atoms with Crippen LogP contribution in [0.25, 0.3) is 5.78 Å². The Bertz CT molecular complexity index is 1710. The number of esters is 3. The van der Waals surface area contributed by atoms with Crippen molar-refractivity contribution in [1.82, 2.24) is 24.4 Å². The van der Waals surface area contributed by atoms with E-state index in [1.807, 2.05) is 0 Å². The van der Waals surface area contributed by atoms with Gasteiger partial charge < -0.3 is 24.7 Å². The third-order valence-electron chi connectivity index (χ3n) is 6.58. The molecule has 4 atom stereocenters. The lowest BCUT2D eigenvalue weighted by atomic mass is 10.1. The van der Waals surface area contributed by atoms with E-state index in [1.165, 1.54) is 15.5 Å². The van der Waals surface area contributed by atoms with E-state index in [9.17, 15) is 14.4 Å². The minimum Gasteiger partial charge on any atom is -0.459 e. The smallest absolute Gasteiger partial charge is 0.338 e. The van der Waals surface area contributed by atoms with Crippen LogP contribution < -0.4 is 5.73 Å². The SMILES string of the molecule is Nc1nn([C@@H]2O[C@H](COC(=O)c3ccccc3)[C@@H](OC(=O)c3ccccc3)[C@H]2OC(=O)c2ccccc2)c2ncnn12. The number of aromatic nitrogens is 5. The normalized spacial score (nSPS) is 19.8. The van der Waals surface area contributed by atoms with E-state index in [1.54, 1.807) is 91.0 Å². The van der Waals surface area contributed by atoms with Gasteiger partial charge >= 0.3 is 17.9 Å². The lowest BCUT2D eigenvalue weighted by Crippen LogP contribution is -2.41. The molecule has 3 aromatic carbocycles. The number of hydrogen-bond donors (Lipinski definition) is 1. The molecule has 13 heteroatoms. The van der Waals surface area contributed by atoms with E-state index in [2.05, 4.69) is 15.2 Å². The third-order valence-corrected chi connectivity index (χ3v) is 6.58. The quantitative estimate of drug-likeness (QED) is 0.216. The summed E-state index contributed by atoms with van der Waals surface area (Å²) in [7, 11) is 0. The summed E-state index contributed by atoms with van der Waals surface area (Å²) in [4.78, 5) is 43.4. The molecule has 0 saturated carbocycles. The van der Waals surface area contributed by atoms with Crippen molar-refractivity contribution in [2.45, 2.75) is 24.5 Å². The Balaban J connectivity index is 1.36. The minimum atomic E-state index is -1.26. The van der Waals surface area contributed by atoms with Gasteiger partial charge in [-0.05, 0) is 36.4 Å². The van der Waals surface area contributed by atoms with Gasteiger partial charge in [0.15, 0.2) is 18.4 Å². The Morgan fingerprint density at radius 1 is 0.762 bits per heavy atom. The number of ether oxygens (including phenoxy) is 4. The van der Waals surface area contributed by atoms with E-state index in [0.717, 1.165) is 0 Å². The van der Waals surface area contributed by atoms with Crippen molar-refractivity contribution in [2.24, 2.45) is 0 Å². The summed E-state index contributed by atoms with van der Waals surface area (Å²) in [5.74, 6) is -1.83. The zero-order chi connectivity index (χ0) is 29.1. The standard InChI is InChI=1S/C29H24N6O7/c30-28-33-34(29-31-17-32-35(28)29)24-23(42-27(38)20-14-8-3-9-15-20)22(41-26(37)19-12-6-2-7-13-19)21(40-24)16-39-25(36)18-10-4-1-5-11-18/h1-15,17,21-24H,16H2,(H2,30,33)/t21-,22-,23-,24-/m1/s1. The fourth-order valence-corrected chi connectivity index (χ4v) is 4.58. The number of fused-ring (bicyclic) bond motifs is 1. The molecule has 0 bridgehead atoms. The molecule has 6 rings (SSSR count). The lowest BCUT2D eigenvalue weighted by Gasteiger charge is -2.24. The second-order valence-electron chi connectivity index (χ2n) is 9.28. The van der Waals surface area contributed by atoms with Gasteiger partial charge in [-0.15, -0.1) is 5.10 Å². The molecule has 2 N–H and O–H groups in total. The minimum absolute atomic E-state index is 0.00368. The molecule has 3 heterocycles. The third kappa shape index (κ3) is 5.28. The highest BCUT2D eigenvalue weighted by atomic mass is 16.7. The van der Waals surface area contributed by atoms with Crippen molar-refractivity contribution >= 4 is 29.6 Å². The molecule has 0 spiro atoms. The van der Waals surface area contributed by atoms with Crippen LogP contribution in [0.4, 0.5) is 5.95 Å². The number of nitrogens with two attached hydrogens (primary N) is 1. The van der Waals surface area contributed by atoms with Crippen LogP contribution in [0.15, 0.2) is 97.3 Å². The van der Waals surface area contributed by atoms with Crippen molar-refractivity contribution in [3.05, 3.63) is 114 Å². The highest BCUT2D eigenvalue weighted by Crippen LogP contribution is 2.36. The zero-order valence-electron chi connectivity index (χ0n) is 21.9. The molecule has 0 amide bonds. The average molecular weight is 569 g/mol. The fraction of sp³-hybridized carbons (Fsp3) is 0.172. The lowest BCUT2D eigenvalue weighted by molar-refractivity contribution is -0.0654. The molecule has 0 radical (unpaired) electrons. The molecule has 1 aliphatic heterocycles.